The number of hydrogen-bond acceptors (Lipinski definition) is 3. The molecule has 1 saturated carbocycles. The molecule has 0 saturated heterocycles. The van der Waals surface area contributed by atoms with Crippen molar-refractivity contribution in [2.24, 2.45) is 16.8 Å². The fraction of sp³-hybridized carbons (Fsp3) is 0.533. The van der Waals surface area contributed by atoms with Crippen LogP contribution < -0.4 is 11.1 Å². The smallest absolute Gasteiger partial charge is 0.170 e. The second kappa shape index (κ2) is 6.06. The highest BCUT2D eigenvalue weighted by Crippen LogP contribution is 2.25. The lowest BCUT2D eigenvalue weighted by atomic mass is 10.0. The second-order valence-corrected chi connectivity index (χ2v) is 5.52. The maximum Gasteiger partial charge on any atom is 0.170 e. The first kappa shape index (κ1) is 13.9. The minimum Gasteiger partial charge on any atom is -0.409 e. The van der Waals surface area contributed by atoms with Crippen LogP contribution >= 0.6 is 0 Å². The Balaban J connectivity index is 2.01. The summed E-state index contributed by atoms with van der Waals surface area (Å²) in [5.41, 5.74) is 8.79. The van der Waals surface area contributed by atoms with Crippen LogP contribution in [0.2, 0.25) is 0 Å². The predicted octanol–water partition coefficient (Wildman–Crippen LogP) is 2.37. The summed E-state index contributed by atoms with van der Waals surface area (Å²) in [5.74, 6) is 0.934. The number of nitrogens with one attached hydrogen (secondary N) is 1. The van der Waals surface area contributed by atoms with Crippen LogP contribution in [-0.4, -0.2) is 17.1 Å². The summed E-state index contributed by atoms with van der Waals surface area (Å²) in [5, 5.41) is 15.3. The summed E-state index contributed by atoms with van der Waals surface area (Å²) >= 11 is 0. The summed E-state index contributed by atoms with van der Waals surface area (Å²) in [6, 6.07) is 6.56. The molecule has 2 unspecified atom stereocenters. The molecule has 1 aliphatic carbocycles. The van der Waals surface area contributed by atoms with Gasteiger partial charge in [-0.15, -0.1) is 0 Å². The number of benzene rings is 1. The molecule has 19 heavy (non-hydrogen) atoms. The maximum atomic E-state index is 8.68. The average molecular weight is 261 g/mol. The van der Waals surface area contributed by atoms with E-state index in [1.165, 1.54) is 30.4 Å². The first-order valence-corrected chi connectivity index (χ1v) is 6.92. The van der Waals surface area contributed by atoms with Gasteiger partial charge in [-0.2, -0.15) is 0 Å². The standard InChI is InChI=1S/C15H23N3O/c1-10-4-3-5-14(10)17-9-13-7-6-12(8-11(13)2)15(16)18-19/h6-8,10,14,17,19H,3-5,9H2,1-2H3,(H2,16,18). The van der Waals surface area contributed by atoms with Crippen LogP contribution in [0.4, 0.5) is 0 Å². The van der Waals surface area contributed by atoms with Crippen molar-refractivity contribution in [1.29, 1.82) is 0 Å². The minimum absolute atomic E-state index is 0.159. The highest BCUT2D eigenvalue weighted by Gasteiger charge is 2.22. The third-order valence-corrected chi connectivity index (χ3v) is 4.16. The Kier molecular flexibility index (Phi) is 4.43. The average Bonchev–Trinajstić information content (AvgIpc) is 2.82. The number of aryl methyl sites for hydroxylation is 1. The van der Waals surface area contributed by atoms with Gasteiger partial charge in [0.15, 0.2) is 5.84 Å². The third-order valence-electron chi connectivity index (χ3n) is 4.16. The van der Waals surface area contributed by atoms with E-state index in [-0.39, 0.29) is 5.84 Å². The maximum absolute atomic E-state index is 8.68. The summed E-state index contributed by atoms with van der Waals surface area (Å²) in [4.78, 5) is 0. The Morgan fingerprint density at radius 1 is 1.47 bits per heavy atom. The lowest BCUT2D eigenvalue weighted by Gasteiger charge is -2.18. The number of rotatable bonds is 4. The van der Waals surface area contributed by atoms with Crippen molar-refractivity contribution < 1.29 is 5.21 Å². The third kappa shape index (κ3) is 3.26. The Morgan fingerprint density at radius 3 is 2.84 bits per heavy atom. The lowest BCUT2D eigenvalue weighted by molar-refractivity contribution is 0.318. The fourth-order valence-corrected chi connectivity index (χ4v) is 2.80. The van der Waals surface area contributed by atoms with Crippen molar-refractivity contribution in [3.8, 4) is 0 Å². The van der Waals surface area contributed by atoms with Crippen LogP contribution in [0.5, 0.6) is 0 Å². The van der Waals surface area contributed by atoms with E-state index >= 15 is 0 Å². The monoisotopic (exact) mass is 261 g/mol. The molecule has 1 aromatic rings. The van der Waals surface area contributed by atoms with E-state index in [2.05, 4.69) is 30.4 Å². The molecule has 4 N–H and O–H groups in total. The summed E-state index contributed by atoms with van der Waals surface area (Å²) in [6.45, 7) is 5.26. The second-order valence-electron chi connectivity index (χ2n) is 5.52. The topological polar surface area (TPSA) is 70.6 Å². The van der Waals surface area contributed by atoms with Crippen molar-refractivity contribution in [3.05, 3.63) is 34.9 Å². The van der Waals surface area contributed by atoms with Crippen LogP contribution in [0.25, 0.3) is 0 Å². The molecule has 0 heterocycles. The molecule has 1 fully saturated rings. The molecule has 0 spiro atoms. The minimum atomic E-state index is 0.159. The molecule has 4 nitrogen and oxygen atoms in total. The van der Waals surface area contributed by atoms with Gasteiger partial charge in [0, 0.05) is 18.2 Å². The fourth-order valence-electron chi connectivity index (χ4n) is 2.80. The zero-order valence-corrected chi connectivity index (χ0v) is 11.7. The van der Waals surface area contributed by atoms with Gasteiger partial charge in [-0.05, 0) is 42.9 Å². The van der Waals surface area contributed by atoms with Crippen LogP contribution in [0, 0.1) is 12.8 Å². The van der Waals surface area contributed by atoms with Gasteiger partial charge in [-0.25, -0.2) is 0 Å². The van der Waals surface area contributed by atoms with E-state index in [0.717, 1.165) is 18.0 Å². The molecule has 0 bridgehead atoms. The number of nitrogens with zero attached hydrogens (tertiary/aromatic N) is 1. The lowest BCUT2D eigenvalue weighted by Crippen LogP contribution is -2.30. The molecular weight excluding hydrogens is 238 g/mol. The highest BCUT2D eigenvalue weighted by atomic mass is 16.4. The summed E-state index contributed by atoms with van der Waals surface area (Å²) in [7, 11) is 0. The predicted molar refractivity (Wildman–Crippen MR) is 77.3 cm³/mol. The molecule has 4 heteroatoms. The van der Waals surface area contributed by atoms with E-state index in [9.17, 15) is 0 Å². The van der Waals surface area contributed by atoms with E-state index < -0.39 is 0 Å². The van der Waals surface area contributed by atoms with Gasteiger partial charge in [0.1, 0.15) is 0 Å². The van der Waals surface area contributed by atoms with E-state index in [1.54, 1.807) is 0 Å². The van der Waals surface area contributed by atoms with Crippen molar-refractivity contribution >= 4 is 5.84 Å². The van der Waals surface area contributed by atoms with Gasteiger partial charge in [-0.3, -0.25) is 0 Å². The van der Waals surface area contributed by atoms with Crippen molar-refractivity contribution in [2.75, 3.05) is 0 Å². The molecule has 2 atom stereocenters. The molecule has 1 aliphatic rings. The Bertz CT molecular complexity index is 470. The Hall–Kier alpha value is -1.55. The largest absolute Gasteiger partial charge is 0.409 e. The van der Waals surface area contributed by atoms with Crippen molar-refractivity contribution in [3.63, 3.8) is 0 Å². The Labute approximate surface area is 114 Å². The van der Waals surface area contributed by atoms with Crippen LogP contribution in [0.3, 0.4) is 0 Å². The summed E-state index contributed by atoms with van der Waals surface area (Å²) < 4.78 is 0. The van der Waals surface area contributed by atoms with Gasteiger partial charge in [-0.1, -0.05) is 30.6 Å². The number of hydrogen-bond donors (Lipinski definition) is 3. The molecule has 0 aliphatic heterocycles. The van der Waals surface area contributed by atoms with Crippen LogP contribution in [0.15, 0.2) is 23.4 Å². The molecule has 0 amide bonds. The number of oxime groups is 1. The van der Waals surface area contributed by atoms with E-state index in [1.807, 2.05) is 12.1 Å². The first-order chi connectivity index (χ1) is 9.11. The van der Waals surface area contributed by atoms with Gasteiger partial charge < -0.3 is 16.3 Å². The van der Waals surface area contributed by atoms with Gasteiger partial charge in [0.2, 0.25) is 0 Å². The quantitative estimate of drug-likeness (QED) is 0.337. The number of nitrogens with two attached hydrogens (primary N) is 1. The molecule has 1 aromatic carbocycles. The normalized spacial score (nSPS) is 23.8. The van der Waals surface area contributed by atoms with Gasteiger partial charge in [0.05, 0.1) is 0 Å². The molecule has 104 valence electrons. The molecule has 2 rings (SSSR count). The number of amidine groups is 1. The molecule has 0 radical (unpaired) electrons. The zero-order valence-electron chi connectivity index (χ0n) is 11.7. The van der Waals surface area contributed by atoms with Crippen molar-refractivity contribution in [1.82, 2.24) is 5.32 Å². The van der Waals surface area contributed by atoms with Crippen LogP contribution in [0.1, 0.15) is 42.9 Å². The van der Waals surface area contributed by atoms with Gasteiger partial charge >= 0.3 is 0 Å². The van der Waals surface area contributed by atoms with E-state index in [0.29, 0.717) is 6.04 Å². The first-order valence-electron chi connectivity index (χ1n) is 6.92. The SMILES string of the molecule is Cc1cc(/C(N)=N/O)ccc1CNC1CCCC1C. The highest BCUT2D eigenvalue weighted by molar-refractivity contribution is 5.97. The zero-order chi connectivity index (χ0) is 13.8. The summed E-state index contributed by atoms with van der Waals surface area (Å²) in [6.07, 6.45) is 3.95. The molecular formula is C15H23N3O. The van der Waals surface area contributed by atoms with Gasteiger partial charge in [0.25, 0.3) is 0 Å². The van der Waals surface area contributed by atoms with Crippen LogP contribution in [-0.2, 0) is 6.54 Å². The molecule has 0 aromatic heterocycles. The van der Waals surface area contributed by atoms with E-state index in [4.69, 9.17) is 10.9 Å². The Morgan fingerprint density at radius 2 is 2.26 bits per heavy atom. The van der Waals surface area contributed by atoms with Crippen molar-refractivity contribution in [2.45, 2.75) is 45.7 Å².